The van der Waals surface area contributed by atoms with Crippen molar-refractivity contribution in [2.45, 2.75) is 203 Å². The van der Waals surface area contributed by atoms with Crippen LogP contribution in [0.25, 0.3) is 111 Å². The Morgan fingerprint density at radius 1 is 0.353 bits per heavy atom. The van der Waals surface area contributed by atoms with Crippen molar-refractivity contribution in [2.75, 3.05) is 0 Å². The standard InChI is InChI=1S/2C22H20N.2C20H16N.C13H24O2.C12H10N.C11H8N.C5H8O2.4Ir/c2*1-13-5-14(2)7-19(6-13)22-21-12-18-10-15-8-17(9-15)20(18)11-16(21)3-4-23-22;2*1-2-4-14(5-3-1)20-19-12-17-10-13-8-16(9-13)18(17)11-15(19)6-7-21-20;1-5-10(6-2)12(14)9-13(15)11(7-3)8-4;1-10-6-5-9-12(13-10)11-7-3-2-4-8-11;1-2-6-10(7-3-1)11-8-4-5-9-12-11;1-4(6)3-5(2)7;;;;/h2*3-6,11-12,15,17H,8-10H2,1-2H3;2*1-4,6-7,11-13,16H,8-10H2;9-11,14H,5-8H2,1-4H3;2-7,9H,1H3;1-6,8-9H;3,6H,1-2H3;;;;/q4*-1;;2*-1;;;;;. The number of nitrogens with zero attached hydrogens (tertiary/aromatic N) is 6. The fourth-order valence-electron chi connectivity index (χ4n) is 21.6. The molecule has 10 nitrogen and oxygen atoms in total. The van der Waals surface area contributed by atoms with Crippen molar-refractivity contribution in [2.24, 2.45) is 35.5 Å². The van der Waals surface area contributed by atoms with Crippen LogP contribution in [-0.2, 0) is 116 Å². The van der Waals surface area contributed by atoms with Crippen LogP contribution in [0.15, 0.2) is 285 Å². The zero-order valence-corrected chi connectivity index (χ0v) is 90.9. The first-order valence-corrected chi connectivity index (χ1v) is 48.9. The van der Waals surface area contributed by atoms with Gasteiger partial charge in [0.1, 0.15) is 0 Å². The first-order valence-electron chi connectivity index (χ1n) is 48.9. The number of aliphatic hydroxyl groups excluding tert-OH is 2. The Balaban J connectivity index is 0.000000136. The topological polar surface area (TPSA) is 152 Å². The van der Waals surface area contributed by atoms with Crippen LogP contribution in [-0.4, -0.2) is 51.7 Å². The fraction of sp³-hybridized carbons (Fsp3) is 0.296. The molecule has 0 unspecified atom stereocenters. The van der Waals surface area contributed by atoms with Gasteiger partial charge in [-0.1, -0.05) is 128 Å². The van der Waals surface area contributed by atoms with E-state index in [-0.39, 0.29) is 115 Å². The van der Waals surface area contributed by atoms with Crippen LogP contribution in [0.4, 0.5) is 0 Å². The molecule has 14 heteroatoms. The summed E-state index contributed by atoms with van der Waals surface area (Å²) in [7, 11) is 0. The third-order valence-corrected chi connectivity index (χ3v) is 28.6. The molecule has 6 aromatic heterocycles. The maximum atomic E-state index is 11.7. The van der Waals surface area contributed by atoms with Gasteiger partial charge in [-0.15, -0.1) is 213 Å². The number of carbonyl (C=O) groups is 2. The Kier molecular flexibility index (Phi) is 37.2. The van der Waals surface area contributed by atoms with E-state index in [0.717, 1.165) is 146 Å². The summed E-state index contributed by atoms with van der Waals surface area (Å²) in [6, 6.07) is 100. The molecule has 0 saturated heterocycles. The summed E-state index contributed by atoms with van der Waals surface area (Å²) in [6.07, 6.45) is 31.9. The molecule has 2 N–H and O–H groups in total. The maximum Gasteiger partial charge on any atom is 0.162 e. The van der Waals surface area contributed by atoms with Crippen LogP contribution in [0.5, 0.6) is 0 Å². The van der Waals surface area contributed by atoms with Crippen molar-refractivity contribution in [3.8, 4) is 67.5 Å². The van der Waals surface area contributed by atoms with Gasteiger partial charge in [0.05, 0.1) is 11.5 Å². The summed E-state index contributed by atoms with van der Waals surface area (Å²) in [6.45, 7) is 21.4. The van der Waals surface area contributed by atoms with Crippen molar-refractivity contribution in [3.05, 3.63) is 394 Å². The first-order chi connectivity index (χ1) is 65.7. The van der Waals surface area contributed by atoms with Gasteiger partial charge in [0.2, 0.25) is 0 Å². The molecule has 0 amide bonds. The van der Waals surface area contributed by atoms with E-state index >= 15 is 0 Å². The minimum atomic E-state index is -0.125. The molecule has 16 aromatic rings. The van der Waals surface area contributed by atoms with Gasteiger partial charge in [-0.3, -0.25) is 9.59 Å². The summed E-state index contributed by atoms with van der Waals surface area (Å²) in [5, 5.41) is 28.5. The van der Waals surface area contributed by atoms with E-state index in [2.05, 4.69) is 205 Å². The van der Waals surface area contributed by atoms with Gasteiger partial charge in [-0.2, -0.15) is 0 Å². The van der Waals surface area contributed by atoms with E-state index in [0.29, 0.717) is 0 Å². The molecule has 0 spiro atoms. The van der Waals surface area contributed by atoms with Crippen molar-refractivity contribution in [1.29, 1.82) is 0 Å². The number of aryl methyl sites for hydroxylation is 5. The van der Waals surface area contributed by atoms with Gasteiger partial charge < -0.3 is 40.1 Å². The molecule has 718 valence electrons. The number of fused-ring (bicyclic) bond motifs is 4. The minimum absolute atomic E-state index is 0. The molecule has 12 aliphatic rings. The summed E-state index contributed by atoms with van der Waals surface area (Å²) in [4.78, 5) is 49.0. The van der Waals surface area contributed by atoms with Crippen molar-refractivity contribution < 1.29 is 100 Å². The van der Waals surface area contributed by atoms with Crippen LogP contribution >= 0.6 is 0 Å². The van der Waals surface area contributed by atoms with Crippen LogP contribution in [0, 0.1) is 107 Å². The first kappa shape index (κ1) is 105. The predicted molar refractivity (Wildman–Crippen MR) is 552 cm³/mol. The quantitative estimate of drug-likeness (QED) is 0.0611. The second-order valence-corrected chi connectivity index (χ2v) is 38.6. The molecule has 28 rings (SSSR count). The molecule has 0 atom stereocenters. The molecular weight excluding hydrogens is 2420 g/mol. The van der Waals surface area contributed by atoms with Crippen molar-refractivity contribution in [1.82, 2.24) is 29.9 Å². The number of hydrogen-bond donors (Lipinski definition) is 2. The monoisotopic (exact) mass is 2540 g/mol. The zero-order chi connectivity index (χ0) is 93.8. The number of carbonyl (C=O) groups excluding carboxylic acids is 2. The molecule has 8 bridgehead atoms. The van der Waals surface area contributed by atoms with Gasteiger partial charge in [0.15, 0.2) is 11.6 Å². The van der Waals surface area contributed by atoms with E-state index in [9.17, 15) is 14.7 Å². The fourth-order valence-corrected chi connectivity index (χ4v) is 21.6. The smallest absolute Gasteiger partial charge is 0.162 e. The molecule has 4 fully saturated rings. The summed E-state index contributed by atoms with van der Waals surface area (Å²) in [5.41, 5.74) is 31.3. The van der Waals surface area contributed by atoms with Gasteiger partial charge in [-0.25, -0.2) is 0 Å². The second-order valence-electron chi connectivity index (χ2n) is 38.6. The summed E-state index contributed by atoms with van der Waals surface area (Å²) < 4.78 is 0. The van der Waals surface area contributed by atoms with Gasteiger partial charge in [0, 0.05) is 141 Å². The predicted octanol–water partition coefficient (Wildman–Crippen LogP) is 30.5. The maximum absolute atomic E-state index is 11.7. The van der Waals surface area contributed by atoms with Crippen molar-refractivity contribution >= 4 is 54.7 Å². The van der Waals surface area contributed by atoms with Crippen molar-refractivity contribution in [3.63, 3.8) is 0 Å². The largest absolute Gasteiger partial charge is 0.512 e. The molecule has 10 aromatic carbocycles. The van der Waals surface area contributed by atoms with Gasteiger partial charge >= 0.3 is 0 Å². The minimum Gasteiger partial charge on any atom is -0.512 e. The van der Waals surface area contributed by atoms with E-state index < -0.39 is 0 Å². The molecular formula is C125H122Ir4N6O4-6. The third kappa shape index (κ3) is 25.6. The molecule has 12 aliphatic carbocycles. The Hall–Kier alpha value is -10.8. The molecule has 4 saturated carbocycles. The number of pyridine rings is 6. The van der Waals surface area contributed by atoms with Gasteiger partial charge in [-0.05, 0) is 329 Å². The molecule has 6 heterocycles. The van der Waals surface area contributed by atoms with E-state index in [1.165, 1.54) is 168 Å². The number of benzene rings is 10. The Morgan fingerprint density at radius 2 is 0.683 bits per heavy atom. The Morgan fingerprint density at radius 3 is 0.978 bits per heavy atom. The summed E-state index contributed by atoms with van der Waals surface area (Å²) in [5.74, 6) is 7.49. The van der Waals surface area contributed by atoms with E-state index in [1.54, 1.807) is 50.7 Å². The Bertz CT molecular complexity index is 6580. The molecule has 0 aliphatic heterocycles. The van der Waals surface area contributed by atoms with Crippen LogP contribution in [0.3, 0.4) is 0 Å². The number of rotatable bonds is 14. The van der Waals surface area contributed by atoms with Crippen LogP contribution in [0.2, 0.25) is 0 Å². The average Bonchev–Trinajstić information content (AvgIpc) is 0.751. The number of aromatic nitrogens is 6. The molecule has 4 radical (unpaired) electrons. The third-order valence-electron chi connectivity index (χ3n) is 28.6. The number of hydrogen-bond acceptors (Lipinski definition) is 10. The molecule has 139 heavy (non-hydrogen) atoms. The summed E-state index contributed by atoms with van der Waals surface area (Å²) >= 11 is 0. The number of ketones is 2. The van der Waals surface area contributed by atoms with Gasteiger partial charge in [0.25, 0.3) is 0 Å². The average molecular weight is 2540 g/mol. The SMILES string of the molecule is CC(=O)C=C(C)O.CCC(CC)C(=O)C=C(O)C(CC)CC.Cc1[c-]c(-c2nccc3cc4c(cc23)CC2CC4C2)cc(C)c1.Cc1[c-]c(-c2nccc3cc4c(cc23)CC2CC4C2)cc(C)c1.Cc1cccc(-c2[c-]cccc2)n1.[Ir].[Ir].[Ir].[Ir].[c-]1ccccc1-c1ccccn1.[c-]1ccccc1-c1nccc2cc3c(cc12)CC1CC3C1.[c-]1ccccc1-c1nccc2cc3c(cc12)CC1CC3C1. The Labute approximate surface area is 876 Å². The van der Waals surface area contributed by atoms with Crippen LogP contribution in [0.1, 0.15) is 215 Å². The number of aliphatic hydroxyl groups is 2. The van der Waals surface area contributed by atoms with E-state index in [1.807, 2.05) is 169 Å². The second kappa shape index (κ2) is 49.0. The normalized spacial score (nSPS) is 17.8. The van der Waals surface area contributed by atoms with Crippen LogP contribution < -0.4 is 0 Å². The van der Waals surface area contributed by atoms with E-state index in [4.69, 9.17) is 15.1 Å². The number of allylic oxidation sites excluding steroid dienone is 4. The zero-order valence-electron chi connectivity index (χ0n) is 81.3.